The van der Waals surface area contributed by atoms with E-state index in [0.29, 0.717) is 91.2 Å². The van der Waals surface area contributed by atoms with Crippen molar-refractivity contribution in [2.45, 2.75) is 105 Å². The highest BCUT2D eigenvalue weighted by Gasteiger charge is 2.32. The smallest absolute Gasteiger partial charge is 0.263 e. The second-order valence-corrected chi connectivity index (χ2v) is 16.4. The maximum Gasteiger partial charge on any atom is 0.263 e. The van der Waals surface area contributed by atoms with Gasteiger partial charge in [0.05, 0.1) is 28.6 Å². The van der Waals surface area contributed by atoms with Gasteiger partial charge in [0, 0.05) is 83.8 Å². The second kappa shape index (κ2) is 35.6. The van der Waals surface area contributed by atoms with Gasteiger partial charge in [0.1, 0.15) is 24.4 Å². The largest absolute Gasteiger partial charge is 0.387 e. The van der Waals surface area contributed by atoms with Gasteiger partial charge in [-0.3, -0.25) is 29.1 Å². The SMILES string of the molecule is C=CCN(C)N(C(=Nc1ccc(N2CCN(C)CC2)cc1)/C(C=O)=C\N=C)c1ccc2c(n1)C(O)CC2.CC.CC/C=C(/NCCCCCC=O)C(C(=O)N(C=O)C(CCC=O)C(=O)NC)=C(C)C.CN. The van der Waals surface area contributed by atoms with E-state index in [4.69, 9.17) is 9.98 Å². The zero-order valence-electron chi connectivity index (χ0n) is 43.7. The Kier molecular flexibility index (Phi) is 31.4. The minimum absolute atomic E-state index is 0.0521. The van der Waals surface area contributed by atoms with Crippen LogP contribution < -0.4 is 26.3 Å². The van der Waals surface area contributed by atoms with Crippen LogP contribution >= 0.6 is 0 Å². The molecule has 390 valence electrons. The summed E-state index contributed by atoms with van der Waals surface area (Å²) < 4.78 is 0. The summed E-state index contributed by atoms with van der Waals surface area (Å²) in [6.45, 7) is 22.0. The number of aromatic nitrogens is 1. The molecule has 0 radical (unpaired) electrons. The number of carbonyl (C=O) groups excluding carboxylic acids is 6. The Morgan fingerprint density at radius 1 is 0.986 bits per heavy atom. The normalized spacial score (nSPS) is 14.8. The summed E-state index contributed by atoms with van der Waals surface area (Å²) in [5.41, 5.74) is 9.89. The first kappa shape index (κ1) is 62.5. The number of benzene rings is 1. The molecule has 3 amide bonds. The number of aliphatic hydroxyl groups excluding tert-OH is 1. The van der Waals surface area contributed by atoms with Gasteiger partial charge in [0.15, 0.2) is 12.1 Å². The molecule has 2 unspecified atom stereocenters. The molecule has 0 spiro atoms. The van der Waals surface area contributed by atoms with E-state index in [1.807, 2.05) is 63.2 Å². The number of nitrogens with zero attached hydrogens (tertiary/aromatic N) is 8. The van der Waals surface area contributed by atoms with Gasteiger partial charge in [-0.05, 0) is 109 Å². The van der Waals surface area contributed by atoms with Crippen LogP contribution in [0, 0.1) is 0 Å². The van der Waals surface area contributed by atoms with E-state index in [-0.39, 0.29) is 18.4 Å². The number of amidine groups is 1. The van der Waals surface area contributed by atoms with Crippen molar-refractivity contribution in [2.24, 2.45) is 15.7 Å². The van der Waals surface area contributed by atoms with E-state index in [9.17, 15) is 33.9 Å². The lowest BCUT2D eigenvalue weighted by atomic mass is 10.0. The van der Waals surface area contributed by atoms with E-state index in [1.165, 1.54) is 20.3 Å². The number of anilines is 2. The Labute approximate surface area is 422 Å². The van der Waals surface area contributed by atoms with Crippen molar-refractivity contribution in [1.82, 2.24) is 30.4 Å². The van der Waals surface area contributed by atoms with Crippen molar-refractivity contribution in [2.75, 3.05) is 77.4 Å². The number of unbranched alkanes of at least 4 members (excludes halogenated alkanes) is 3. The number of allylic oxidation sites excluding steroid dienone is 2. The van der Waals surface area contributed by atoms with Gasteiger partial charge in [-0.1, -0.05) is 51.0 Å². The zero-order valence-corrected chi connectivity index (χ0v) is 43.7. The highest BCUT2D eigenvalue weighted by Crippen LogP contribution is 2.32. The van der Waals surface area contributed by atoms with Crippen molar-refractivity contribution in [3.63, 3.8) is 0 Å². The molecule has 18 nitrogen and oxygen atoms in total. The first-order valence-electron chi connectivity index (χ1n) is 24.4. The monoisotopic (exact) mass is 984 g/mol. The lowest BCUT2D eigenvalue weighted by Gasteiger charge is -2.34. The number of hydrazine groups is 1. The van der Waals surface area contributed by atoms with Gasteiger partial charge in [0.25, 0.3) is 5.91 Å². The standard InChI is InChI=1S/C28H35N7O2.C22H35N3O5.C2H6.CH5N/c1-5-14-33(4)35(26-13-7-21-6-12-25(37)27(21)31-26)28(22(20-36)19-29-2)30-23-8-10-24(11-9-23)34-17-15-32(3)16-18-34;1-5-11-18(24-13-8-6-7-9-14-26)20(17(2)3)22(30)25(16-28)19(12-10-15-27)21(29)23-4;2*1-2/h5,7-11,13,19-20,25,37H,1-2,6,12,14-18H2,3-4H3;11,14-16,19,24H,5-10,12-13H2,1-4H3,(H,23,29);1-2H3;2H2,1H3/b22-19-,30-28?;18-11+;;. The number of aliphatic imine (C=N–C) groups is 2. The van der Waals surface area contributed by atoms with E-state index in [2.05, 4.69) is 63.6 Å². The molecule has 2 aliphatic rings. The quantitative estimate of drug-likeness (QED) is 0.0135. The van der Waals surface area contributed by atoms with Gasteiger partial charge in [-0.25, -0.2) is 20.0 Å². The summed E-state index contributed by atoms with van der Waals surface area (Å²) >= 11 is 0. The fourth-order valence-corrected chi connectivity index (χ4v) is 7.65. The third kappa shape index (κ3) is 19.7. The van der Waals surface area contributed by atoms with Crippen LogP contribution in [0.15, 0.2) is 93.7 Å². The van der Waals surface area contributed by atoms with Gasteiger partial charge < -0.3 is 40.9 Å². The molecule has 2 atom stereocenters. The summed E-state index contributed by atoms with van der Waals surface area (Å²) in [7, 11) is 6.92. The number of aldehydes is 3. The maximum atomic E-state index is 13.3. The van der Waals surface area contributed by atoms with Crippen molar-refractivity contribution < 1.29 is 33.9 Å². The van der Waals surface area contributed by atoms with Crippen molar-refractivity contribution in [3.8, 4) is 0 Å². The van der Waals surface area contributed by atoms with Crippen molar-refractivity contribution in [3.05, 3.63) is 95.0 Å². The Morgan fingerprint density at radius 3 is 2.20 bits per heavy atom. The lowest BCUT2D eigenvalue weighted by Crippen LogP contribution is -2.49. The molecule has 1 aromatic carbocycles. The van der Waals surface area contributed by atoms with Crippen LogP contribution in [0.1, 0.15) is 103 Å². The number of rotatable bonds is 25. The number of fused-ring (bicyclic) bond motifs is 1. The predicted molar refractivity (Wildman–Crippen MR) is 287 cm³/mol. The first-order chi connectivity index (χ1) is 34.3. The number of carbonyl (C=O) groups is 6. The topological polar surface area (TPSA) is 227 Å². The van der Waals surface area contributed by atoms with Gasteiger partial charge in [-0.2, -0.15) is 0 Å². The lowest BCUT2D eigenvalue weighted by molar-refractivity contribution is -0.144. The van der Waals surface area contributed by atoms with Gasteiger partial charge in [-0.15, -0.1) is 6.58 Å². The Bertz CT molecular complexity index is 2130. The predicted octanol–water partition coefficient (Wildman–Crippen LogP) is 5.81. The third-order valence-electron chi connectivity index (χ3n) is 11.2. The maximum absolute atomic E-state index is 13.3. The highest BCUT2D eigenvalue weighted by atomic mass is 16.3. The molecule has 2 heterocycles. The molecule has 1 aromatic heterocycles. The molecule has 1 aliphatic heterocycles. The number of amides is 3. The summed E-state index contributed by atoms with van der Waals surface area (Å²) in [5, 5.41) is 19.8. The van der Waals surface area contributed by atoms with Crippen LogP contribution in [0.25, 0.3) is 0 Å². The number of nitrogens with two attached hydrogens (primary N) is 1. The zero-order chi connectivity index (χ0) is 53.3. The average Bonchev–Trinajstić information content (AvgIpc) is 3.76. The van der Waals surface area contributed by atoms with Crippen LogP contribution in [0.2, 0.25) is 0 Å². The minimum atomic E-state index is -1.06. The number of imide groups is 1. The number of hydrogen-bond acceptors (Lipinski definition) is 15. The van der Waals surface area contributed by atoms with E-state index in [1.54, 1.807) is 24.9 Å². The molecule has 2 aromatic rings. The molecule has 71 heavy (non-hydrogen) atoms. The van der Waals surface area contributed by atoms with Gasteiger partial charge >= 0.3 is 0 Å². The first-order valence-corrected chi connectivity index (χ1v) is 24.4. The number of piperazine rings is 1. The Hall–Kier alpha value is -6.47. The molecule has 0 bridgehead atoms. The molecule has 1 aliphatic carbocycles. The molecule has 1 fully saturated rings. The Balaban J connectivity index is 0.000000679. The number of hydrogen-bond donors (Lipinski definition) is 4. The number of likely N-dealkylation sites (N-methyl/N-ethyl adjacent to an activating group) is 3. The second-order valence-electron chi connectivity index (χ2n) is 16.4. The summed E-state index contributed by atoms with van der Waals surface area (Å²) in [5.74, 6) is -0.208. The van der Waals surface area contributed by atoms with Crippen LogP contribution in [-0.4, -0.2) is 148 Å². The fraction of sp³-hybridized carbons (Fsp3) is 0.491. The van der Waals surface area contributed by atoms with E-state index < -0.39 is 24.0 Å². The number of aliphatic hydroxyl groups is 1. The number of pyridine rings is 1. The van der Waals surface area contributed by atoms with Crippen molar-refractivity contribution in [1.29, 1.82) is 0 Å². The highest BCUT2D eigenvalue weighted by molar-refractivity contribution is 6.20. The third-order valence-corrected chi connectivity index (χ3v) is 11.2. The molecule has 5 N–H and O–H groups in total. The van der Waals surface area contributed by atoms with Crippen molar-refractivity contribution >= 4 is 66.8 Å². The summed E-state index contributed by atoms with van der Waals surface area (Å²) in [4.78, 5) is 89.7. The van der Waals surface area contributed by atoms with Crippen LogP contribution in [-0.2, 0) is 35.2 Å². The minimum Gasteiger partial charge on any atom is -0.387 e. The molecule has 4 rings (SSSR count). The van der Waals surface area contributed by atoms with E-state index >= 15 is 0 Å². The summed E-state index contributed by atoms with van der Waals surface area (Å²) in [6.07, 6.45) is 12.3. The number of nitrogens with one attached hydrogen (secondary N) is 2. The van der Waals surface area contributed by atoms with Crippen LogP contribution in [0.4, 0.5) is 17.2 Å². The van der Waals surface area contributed by atoms with Crippen LogP contribution in [0.3, 0.4) is 0 Å². The fourth-order valence-electron chi connectivity index (χ4n) is 7.65. The average molecular weight is 984 g/mol. The Morgan fingerprint density at radius 2 is 1.65 bits per heavy atom. The number of aryl methyl sites for hydroxylation is 1. The summed E-state index contributed by atoms with van der Waals surface area (Å²) in [6, 6.07) is 10.8. The van der Waals surface area contributed by atoms with Crippen LogP contribution in [0.5, 0.6) is 0 Å². The molecular weight excluding hydrogens is 903 g/mol. The van der Waals surface area contributed by atoms with E-state index in [0.717, 1.165) is 74.3 Å². The molecule has 18 heteroatoms. The van der Waals surface area contributed by atoms with Gasteiger partial charge in [0.2, 0.25) is 12.3 Å². The molecule has 1 saturated heterocycles. The molecule has 0 saturated carbocycles. The molecular formula is C53H81N11O7.